The van der Waals surface area contributed by atoms with Gasteiger partial charge in [0.1, 0.15) is 23.8 Å². The summed E-state index contributed by atoms with van der Waals surface area (Å²) in [6, 6.07) is 13.5. The van der Waals surface area contributed by atoms with Crippen molar-refractivity contribution in [2.45, 2.75) is 13.8 Å². The normalized spacial score (nSPS) is 12.7. The number of nitrogens with two attached hydrogens (primary N) is 1. The van der Waals surface area contributed by atoms with Crippen LogP contribution in [0, 0.1) is 25.1 Å². The Bertz CT molecular complexity index is 1630. The zero-order chi connectivity index (χ0) is 27.0. The van der Waals surface area contributed by atoms with Crippen molar-refractivity contribution in [1.29, 1.82) is 5.41 Å². The van der Waals surface area contributed by atoms with Crippen LogP contribution in [0.4, 0.5) is 27.5 Å². The number of phenols is 1. The summed E-state index contributed by atoms with van der Waals surface area (Å²) >= 11 is 0. The highest BCUT2D eigenvalue weighted by Crippen LogP contribution is 2.38. The molecule has 3 heterocycles. The Morgan fingerprint density at radius 2 is 1.89 bits per heavy atom. The van der Waals surface area contributed by atoms with Crippen molar-refractivity contribution in [2.24, 2.45) is 4.99 Å². The van der Waals surface area contributed by atoms with Gasteiger partial charge in [-0.05, 0) is 55.3 Å². The van der Waals surface area contributed by atoms with E-state index in [4.69, 9.17) is 16.1 Å². The molecule has 38 heavy (non-hydrogen) atoms. The average Bonchev–Trinajstić information content (AvgIpc) is 2.89. The first-order valence-electron chi connectivity index (χ1n) is 11.8. The summed E-state index contributed by atoms with van der Waals surface area (Å²) in [4.78, 5) is 19.6. The molecule has 0 aliphatic carbocycles. The molecule has 9 nitrogen and oxygen atoms in total. The molecule has 2 aromatic carbocycles. The highest BCUT2D eigenvalue weighted by Gasteiger charge is 2.28. The van der Waals surface area contributed by atoms with E-state index in [9.17, 15) is 9.50 Å². The predicted octanol–water partition coefficient (Wildman–Crippen LogP) is 4.96. The number of aliphatic imine (C=N–C) groups is 1. The molecule has 0 fully saturated rings. The first-order valence-corrected chi connectivity index (χ1v) is 11.8. The summed E-state index contributed by atoms with van der Waals surface area (Å²) < 4.78 is 13.6. The van der Waals surface area contributed by atoms with Gasteiger partial charge >= 0.3 is 0 Å². The van der Waals surface area contributed by atoms with Gasteiger partial charge in [0.2, 0.25) is 0 Å². The van der Waals surface area contributed by atoms with Crippen molar-refractivity contribution in [3.05, 3.63) is 101 Å². The summed E-state index contributed by atoms with van der Waals surface area (Å²) in [6.07, 6.45) is 3.00. The lowest BCUT2D eigenvalue weighted by molar-refractivity contribution is 0.432. The fourth-order valence-corrected chi connectivity index (χ4v) is 4.40. The van der Waals surface area contributed by atoms with Crippen LogP contribution in [0.5, 0.6) is 5.75 Å². The Labute approximate surface area is 218 Å². The molecule has 5 N–H and O–H groups in total. The second-order valence-electron chi connectivity index (χ2n) is 8.80. The highest BCUT2D eigenvalue weighted by molar-refractivity contribution is 6.17. The molecule has 1 aliphatic heterocycles. The van der Waals surface area contributed by atoms with Gasteiger partial charge in [-0.2, -0.15) is 0 Å². The van der Waals surface area contributed by atoms with Gasteiger partial charge in [0.05, 0.1) is 29.2 Å². The number of aromatic nitrogens is 3. The molecule has 4 aromatic rings. The molecule has 1 aliphatic rings. The number of halogens is 1. The number of para-hydroxylation sites is 1. The number of aryl methyl sites for hydroxylation is 2. The summed E-state index contributed by atoms with van der Waals surface area (Å²) in [6.45, 7) is 8.58. The van der Waals surface area contributed by atoms with Crippen LogP contribution < -0.4 is 16.0 Å². The van der Waals surface area contributed by atoms with E-state index in [0.717, 1.165) is 40.2 Å². The third kappa shape index (κ3) is 4.32. The van der Waals surface area contributed by atoms with E-state index in [1.807, 2.05) is 49.1 Å². The van der Waals surface area contributed by atoms with Gasteiger partial charge in [0, 0.05) is 17.3 Å². The van der Waals surface area contributed by atoms with E-state index in [1.165, 1.54) is 12.4 Å². The van der Waals surface area contributed by atoms with Gasteiger partial charge in [-0.25, -0.2) is 24.3 Å². The Morgan fingerprint density at radius 3 is 2.66 bits per heavy atom. The zero-order valence-electron chi connectivity index (χ0n) is 20.8. The van der Waals surface area contributed by atoms with E-state index in [1.54, 1.807) is 6.20 Å². The average molecular weight is 509 g/mol. The zero-order valence-corrected chi connectivity index (χ0v) is 20.8. The van der Waals surface area contributed by atoms with E-state index in [2.05, 4.69) is 26.8 Å². The second-order valence-corrected chi connectivity index (χ2v) is 8.80. The minimum absolute atomic E-state index is 0.0599. The number of phenolic OH excluding ortho intramolecular Hbond substituents is 1. The van der Waals surface area contributed by atoms with Crippen LogP contribution in [0.25, 0.3) is 5.70 Å². The van der Waals surface area contributed by atoms with Gasteiger partial charge in [-0.1, -0.05) is 24.8 Å². The van der Waals surface area contributed by atoms with Crippen LogP contribution in [0.3, 0.4) is 0 Å². The largest absolute Gasteiger partial charge is 0.505 e. The van der Waals surface area contributed by atoms with Crippen LogP contribution in [0.15, 0.2) is 72.6 Å². The van der Waals surface area contributed by atoms with Crippen LogP contribution in [0.1, 0.15) is 27.8 Å². The number of anilines is 3. The molecule has 5 rings (SSSR count). The molecule has 0 spiro atoms. The summed E-state index contributed by atoms with van der Waals surface area (Å²) in [5.74, 6) is 0.172. The van der Waals surface area contributed by atoms with Crippen molar-refractivity contribution in [3.8, 4) is 5.75 Å². The maximum Gasteiger partial charge on any atom is 0.164 e. The maximum atomic E-state index is 13.6. The SMILES string of the molecule is C=C1c2c(C)ccnc2N=C(CNc2ncnc(N)c2C(=N)c2ccc(F)c(O)c2)N1c1ccccc1C. The summed E-state index contributed by atoms with van der Waals surface area (Å²) in [5.41, 5.74) is 11.1. The molecule has 2 aromatic heterocycles. The lowest BCUT2D eigenvalue weighted by Gasteiger charge is -2.34. The third-order valence-corrected chi connectivity index (χ3v) is 6.32. The monoisotopic (exact) mass is 508 g/mol. The number of aromatic hydroxyl groups is 1. The molecule has 190 valence electrons. The smallest absolute Gasteiger partial charge is 0.164 e. The Balaban J connectivity index is 1.54. The highest BCUT2D eigenvalue weighted by atomic mass is 19.1. The fraction of sp³-hybridized carbons (Fsp3) is 0.107. The maximum absolute atomic E-state index is 13.6. The molecule has 0 unspecified atom stereocenters. The molecular weight excluding hydrogens is 483 g/mol. The number of nitrogens with zero attached hydrogens (tertiary/aromatic N) is 5. The van der Waals surface area contributed by atoms with Gasteiger partial charge in [0.15, 0.2) is 17.4 Å². The van der Waals surface area contributed by atoms with E-state index >= 15 is 0 Å². The molecule has 0 atom stereocenters. The van der Waals surface area contributed by atoms with Crippen molar-refractivity contribution in [2.75, 3.05) is 22.5 Å². The summed E-state index contributed by atoms with van der Waals surface area (Å²) in [7, 11) is 0. The van der Waals surface area contributed by atoms with Crippen LogP contribution >= 0.6 is 0 Å². The molecular formula is C28H25FN8O. The van der Waals surface area contributed by atoms with Crippen LogP contribution in [0.2, 0.25) is 0 Å². The number of hydrogen-bond donors (Lipinski definition) is 4. The van der Waals surface area contributed by atoms with E-state index in [0.29, 0.717) is 11.7 Å². The molecule has 0 saturated carbocycles. The number of fused-ring (bicyclic) bond motifs is 1. The minimum atomic E-state index is -0.784. The number of nitrogen functional groups attached to an aromatic ring is 1. The lowest BCUT2D eigenvalue weighted by Crippen LogP contribution is -2.37. The topological polar surface area (TPSA) is 136 Å². The number of hydrogen-bond acceptors (Lipinski definition) is 9. The number of nitrogens with one attached hydrogen (secondary N) is 2. The molecule has 0 radical (unpaired) electrons. The number of pyridine rings is 1. The van der Waals surface area contributed by atoms with Crippen molar-refractivity contribution in [1.82, 2.24) is 15.0 Å². The quantitative estimate of drug-likeness (QED) is 0.270. The first kappa shape index (κ1) is 24.6. The van der Waals surface area contributed by atoms with Gasteiger partial charge in [-0.15, -0.1) is 0 Å². The molecule has 0 bridgehead atoms. The van der Waals surface area contributed by atoms with Crippen molar-refractivity contribution in [3.63, 3.8) is 0 Å². The Morgan fingerprint density at radius 1 is 1.11 bits per heavy atom. The van der Waals surface area contributed by atoms with Gasteiger partial charge in [0.25, 0.3) is 0 Å². The number of rotatable bonds is 6. The Hall–Kier alpha value is -5.12. The van der Waals surface area contributed by atoms with Gasteiger partial charge < -0.3 is 16.2 Å². The molecule has 0 amide bonds. The minimum Gasteiger partial charge on any atom is -0.505 e. The van der Waals surface area contributed by atoms with Gasteiger partial charge in [-0.3, -0.25) is 10.3 Å². The number of amidine groups is 1. The van der Waals surface area contributed by atoms with Crippen molar-refractivity contribution >= 4 is 40.4 Å². The van der Waals surface area contributed by atoms with Crippen LogP contribution in [-0.4, -0.2) is 38.2 Å². The van der Waals surface area contributed by atoms with E-state index < -0.39 is 11.6 Å². The Kier molecular flexibility index (Phi) is 6.29. The fourth-order valence-electron chi connectivity index (χ4n) is 4.40. The second kappa shape index (κ2) is 9.74. The third-order valence-electron chi connectivity index (χ3n) is 6.32. The lowest BCUT2D eigenvalue weighted by atomic mass is 10.0. The predicted molar refractivity (Wildman–Crippen MR) is 148 cm³/mol. The van der Waals surface area contributed by atoms with E-state index in [-0.39, 0.29) is 35.0 Å². The number of benzene rings is 2. The molecule has 10 heteroatoms. The molecule has 0 saturated heterocycles. The summed E-state index contributed by atoms with van der Waals surface area (Å²) in [5, 5.41) is 21.7. The standard InChI is InChI=1S/C28H25FN8O/c1-15-6-4-5-7-20(15)37-17(3)23-16(2)10-11-32-28(23)36-22(37)13-33-27-24(26(31)34-14-35-27)25(30)18-8-9-19(29)21(38)12-18/h4-12,14,30,38H,3,13H2,1-2H3,(H3,31,33,34,35). The first-order chi connectivity index (χ1) is 18.3. The van der Waals surface area contributed by atoms with Crippen molar-refractivity contribution < 1.29 is 9.50 Å². The van der Waals surface area contributed by atoms with Crippen LogP contribution in [-0.2, 0) is 0 Å².